The molecule has 1 heterocycles. The fourth-order valence-corrected chi connectivity index (χ4v) is 3.78. The first-order chi connectivity index (χ1) is 13.9. The highest BCUT2D eigenvalue weighted by Crippen LogP contribution is 2.29. The Hall–Kier alpha value is -2.60. The van der Waals surface area contributed by atoms with Crippen LogP contribution in [0, 0.1) is 12.7 Å². The second kappa shape index (κ2) is 9.27. The van der Waals surface area contributed by atoms with E-state index in [0.717, 1.165) is 49.5 Å². The summed E-state index contributed by atoms with van der Waals surface area (Å²) in [7, 11) is 1.59. The summed E-state index contributed by atoms with van der Waals surface area (Å²) in [5.41, 5.74) is 3.27. The monoisotopic (exact) mass is 399 g/mol. The van der Waals surface area contributed by atoms with Crippen LogP contribution >= 0.6 is 0 Å². The Labute approximate surface area is 172 Å². The molecule has 0 radical (unpaired) electrons. The van der Waals surface area contributed by atoms with Gasteiger partial charge < -0.3 is 19.9 Å². The van der Waals surface area contributed by atoms with Gasteiger partial charge in [0.15, 0.2) is 0 Å². The first kappa shape index (κ1) is 21.1. The quantitative estimate of drug-likeness (QED) is 0.803. The molecule has 1 aliphatic rings. The largest absolute Gasteiger partial charge is 0.496 e. The van der Waals surface area contributed by atoms with E-state index in [1.807, 2.05) is 26.0 Å². The lowest BCUT2D eigenvalue weighted by atomic mass is 10.0. The van der Waals surface area contributed by atoms with Gasteiger partial charge in [-0.2, -0.15) is 0 Å². The van der Waals surface area contributed by atoms with Gasteiger partial charge in [0.05, 0.1) is 13.2 Å². The number of amides is 1. The number of ether oxygens (including phenoxy) is 1. The topological polar surface area (TPSA) is 44.8 Å². The van der Waals surface area contributed by atoms with Crippen molar-refractivity contribution in [2.24, 2.45) is 0 Å². The minimum atomic E-state index is -0.329. The molecule has 0 bridgehead atoms. The minimum absolute atomic E-state index is 0.207. The van der Waals surface area contributed by atoms with E-state index in [2.05, 4.69) is 22.0 Å². The summed E-state index contributed by atoms with van der Waals surface area (Å²) in [5, 5.41) is 3.01. The van der Waals surface area contributed by atoms with Gasteiger partial charge in [0, 0.05) is 43.0 Å². The average Bonchev–Trinajstić information content (AvgIpc) is 2.74. The number of nitrogens with one attached hydrogen (secondary N) is 1. The van der Waals surface area contributed by atoms with Crippen molar-refractivity contribution in [1.29, 1.82) is 0 Å². The summed E-state index contributed by atoms with van der Waals surface area (Å²) in [5.74, 6) is 0.168. The van der Waals surface area contributed by atoms with Crippen molar-refractivity contribution in [3.8, 4) is 5.75 Å². The maximum atomic E-state index is 14.0. The van der Waals surface area contributed by atoms with Crippen molar-refractivity contribution >= 4 is 11.6 Å². The molecule has 156 valence electrons. The Balaban J connectivity index is 1.79. The van der Waals surface area contributed by atoms with E-state index in [0.29, 0.717) is 11.3 Å². The van der Waals surface area contributed by atoms with Gasteiger partial charge >= 0.3 is 0 Å². The van der Waals surface area contributed by atoms with Gasteiger partial charge in [0.1, 0.15) is 11.6 Å². The molecule has 6 heteroatoms. The van der Waals surface area contributed by atoms with E-state index in [1.54, 1.807) is 19.2 Å². The third-order valence-corrected chi connectivity index (χ3v) is 5.63. The molecule has 1 fully saturated rings. The lowest BCUT2D eigenvalue weighted by molar-refractivity contribution is 0.0939. The molecule has 1 aliphatic heterocycles. The number of likely N-dealkylation sites (N-methyl/N-ethyl adjacent to an activating group) is 1. The van der Waals surface area contributed by atoms with Gasteiger partial charge in [-0.15, -0.1) is 0 Å². The number of carbonyl (C=O) groups excluding carboxylic acids is 1. The molecule has 1 N–H and O–H groups in total. The summed E-state index contributed by atoms with van der Waals surface area (Å²) in [6.07, 6.45) is 0. The van der Waals surface area contributed by atoms with Crippen molar-refractivity contribution in [2.75, 3.05) is 44.7 Å². The number of anilines is 1. The lowest BCUT2D eigenvalue weighted by Crippen LogP contribution is -2.46. The van der Waals surface area contributed by atoms with Crippen LogP contribution in [0.15, 0.2) is 36.4 Å². The lowest BCUT2D eigenvalue weighted by Gasteiger charge is -2.37. The number of rotatable bonds is 6. The summed E-state index contributed by atoms with van der Waals surface area (Å²) in [4.78, 5) is 17.5. The maximum Gasteiger partial charge on any atom is 0.251 e. The molecular weight excluding hydrogens is 369 g/mol. The van der Waals surface area contributed by atoms with Crippen LogP contribution in [0.4, 0.5) is 10.1 Å². The van der Waals surface area contributed by atoms with Crippen molar-refractivity contribution in [3.05, 3.63) is 58.9 Å². The van der Waals surface area contributed by atoms with E-state index in [9.17, 15) is 9.18 Å². The fraction of sp³-hybridized carbons (Fsp3) is 0.435. The van der Waals surface area contributed by atoms with E-state index in [4.69, 9.17) is 4.74 Å². The van der Waals surface area contributed by atoms with Crippen molar-refractivity contribution in [1.82, 2.24) is 10.2 Å². The molecule has 2 aromatic rings. The zero-order chi connectivity index (χ0) is 21.0. The summed E-state index contributed by atoms with van der Waals surface area (Å²) in [6.45, 7) is 10.8. The molecule has 0 unspecified atom stereocenters. The number of nitrogens with zero attached hydrogens (tertiary/aromatic N) is 2. The van der Waals surface area contributed by atoms with Gasteiger partial charge in [-0.3, -0.25) is 4.79 Å². The van der Waals surface area contributed by atoms with E-state index in [-0.39, 0.29) is 17.8 Å². The molecule has 0 spiro atoms. The van der Waals surface area contributed by atoms with Gasteiger partial charge in [-0.25, -0.2) is 4.39 Å². The second-order valence-electron chi connectivity index (χ2n) is 7.50. The number of halogens is 1. The molecular formula is C23H30FN3O2. The van der Waals surface area contributed by atoms with Crippen LogP contribution in [-0.2, 0) is 0 Å². The second-order valence-corrected chi connectivity index (χ2v) is 7.50. The molecule has 29 heavy (non-hydrogen) atoms. The first-order valence-electron chi connectivity index (χ1n) is 10.1. The number of piperazine rings is 1. The Bertz CT molecular complexity index is 863. The number of hydrogen-bond acceptors (Lipinski definition) is 4. The zero-order valence-corrected chi connectivity index (χ0v) is 17.7. The predicted octanol–water partition coefficient (Wildman–Crippen LogP) is 3.78. The number of benzene rings is 2. The Kier molecular flexibility index (Phi) is 6.75. The standard InChI is InChI=1S/C23H30FN3O2/c1-5-26-10-12-27(13-11-26)21-9-8-19(24)15-20(21)17(3)25-23(28)18-7-6-16(2)22(14-18)29-4/h6-9,14-15,17H,5,10-13H2,1-4H3,(H,25,28)/t17-/m1/s1. The number of aryl methyl sites for hydroxylation is 1. The average molecular weight is 400 g/mol. The third-order valence-electron chi connectivity index (χ3n) is 5.63. The van der Waals surface area contributed by atoms with E-state index >= 15 is 0 Å². The van der Waals surface area contributed by atoms with E-state index in [1.165, 1.54) is 12.1 Å². The molecule has 1 amide bonds. The van der Waals surface area contributed by atoms with Crippen LogP contribution in [0.2, 0.25) is 0 Å². The molecule has 5 nitrogen and oxygen atoms in total. The smallest absolute Gasteiger partial charge is 0.251 e. The van der Waals surface area contributed by atoms with Crippen LogP contribution < -0.4 is 15.0 Å². The predicted molar refractivity (Wildman–Crippen MR) is 114 cm³/mol. The van der Waals surface area contributed by atoms with Gasteiger partial charge in [0.25, 0.3) is 5.91 Å². The van der Waals surface area contributed by atoms with Crippen molar-refractivity contribution < 1.29 is 13.9 Å². The molecule has 1 atom stereocenters. The summed E-state index contributed by atoms with van der Waals surface area (Å²) >= 11 is 0. The molecule has 0 aromatic heterocycles. The molecule has 2 aromatic carbocycles. The highest BCUT2D eigenvalue weighted by Gasteiger charge is 2.22. The van der Waals surface area contributed by atoms with Crippen LogP contribution in [-0.4, -0.2) is 50.6 Å². The first-order valence-corrected chi connectivity index (χ1v) is 10.1. The third kappa shape index (κ3) is 4.88. The Morgan fingerprint density at radius 2 is 1.90 bits per heavy atom. The molecule has 3 rings (SSSR count). The number of methoxy groups -OCH3 is 1. The van der Waals surface area contributed by atoms with Crippen molar-refractivity contribution in [3.63, 3.8) is 0 Å². The normalized spacial score (nSPS) is 15.8. The fourth-order valence-electron chi connectivity index (χ4n) is 3.78. The van der Waals surface area contributed by atoms with Crippen LogP contribution in [0.25, 0.3) is 0 Å². The number of carbonyl (C=O) groups is 1. The van der Waals surface area contributed by atoms with E-state index < -0.39 is 0 Å². The molecule has 1 saturated heterocycles. The van der Waals surface area contributed by atoms with Gasteiger partial charge in [-0.05, 0) is 56.3 Å². The molecule has 0 aliphatic carbocycles. The van der Waals surface area contributed by atoms with Crippen LogP contribution in [0.1, 0.15) is 41.4 Å². The van der Waals surface area contributed by atoms with Gasteiger partial charge in [0.2, 0.25) is 0 Å². The SMILES string of the molecule is CCN1CCN(c2ccc(F)cc2[C@@H](C)NC(=O)c2ccc(C)c(OC)c2)CC1. The van der Waals surface area contributed by atoms with Crippen molar-refractivity contribution in [2.45, 2.75) is 26.8 Å². The molecule has 0 saturated carbocycles. The zero-order valence-electron chi connectivity index (χ0n) is 17.7. The highest BCUT2D eigenvalue weighted by atomic mass is 19.1. The van der Waals surface area contributed by atoms with Gasteiger partial charge in [-0.1, -0.05) is 13.0 Å². The minimum Gasteiger partial charge on any atom is -0.496 e. The van der Waals surface area contributed by atoms with Crippen LogP contribution in [0.5, 0.6) is 5.75 Å². The Morgan fingerprint density at radius 3 is 2.55 bits per heavy atom. The highest BCUT2D eigenvalue weighted by molar-refractivity contribution is 5.95. The van der Waals surface area contributed by atoms with Crippen LogP contribution in [0.3, 0.4) is 0 Å². The number of hydrogen-bond donors (Lipinski definition) is 1. The maximum absolute atomic E-state index is 14.0. The Morgan fingerprint density at radius 1 is 1.17 bits per heavy atom. The summed E-state index contributed by atoms with van der Waals surface area (Å²) < 4.78 is 19.4. The summed E-state index contributed by atoms with van der Waals surface area (Å²) in [6, 6.07) is 9.88.